The summed E-state index contributed by atoms with van der Waals surface area (Å²) in [5.74, 6) is 0.663. The van der Waals surface area contributed by atoms with Crippen molar-refractivity contribution in [3.8, 4) is 0 Å². The van der Waals surface area contributed by atoms with Crippen molar-refractivity contribution >= 4 is 12.4 Å². The largest absolute Gasteiger partial charge is 0.402 e. The molecule has 0 heterocycles. The molecule has 0 aliphatic carbocycles. The van der Waals surface area contributed by atoms with E-state index in [9.17, 15) is 0 Å². The quantitative estimate of drug-likeness (QED) is 0.214. The number of unbranched alkanes of at least 4 members (excludes halogenated alkanes) is 16. The normalized spacial score (nSPS) is 13.2. The highest BCUT2D eigenvalue weighted by molar-refractivity contribution is 5.85. The van der Waals surface area contributed by atoms with Gasteiger partial charge in [-0.25, -0.2) is 0 Å². The van der Waals surface area contributed by atoms with Crippen LogP contribution >= 0.6 is 12.4 Å². The third-order valence-electron chi connectivity index (χ3n) is 6.10. The van der Waals surface area contributed by atoms with Gasteiger partial charge in [0, 0.05) is 5.70 Å². The maximum absolute atomic E-state index is 5.88. The number of hydrogen-bond donors (Lipinski definition) is 1. The maximum Gasteiger partial charge on any atom is 0.00406 e. The first-order valence-electron chi connectivity index (χ1n) is 12.0. The third kappa shape index (κ3) is 20.4. The molecular formula is C25H52ClN. The smallest absolute Gasteiger partial charge is 0.00406 e. The van der Waals surface area contributed by atoms with Crippen molar-refractivity contribution in [2.45, 2.75) is 143 Å². The van der Waals surface area contributed by atoms with Gasteiger partial charge in [0.05, 0.1) is 0 Å². The summed E-state index contributed by atoms with van der Waals surface area (Å²) in [6, 6.07) is 0. The number of hydrogen-bond acceptors (Lipinski definition) is 1. The Morgan fingerprint density at radius 2 is 0.889 bits per heavy atom. The zero-order valence-electron chi connectivity index (χ0n) is 19.3. The van der Waals surface area contributed by atoms with E-state index in [0.717, 1.165) is 5.70 Å². The van der Waals surface area contributed by atoms with E-state index in [4.69, 9.17) is 5.73 Å². The summed E-state index contributed by atoms with van der Waals surface area (Å²) in [5.41, 5.74) is 8.29. The fraction of sp³-hybridized carbons (Fsp3) is 0.920. The summed E-state index contributed by atoms with van der Waals surface area (Å²) in [7, 11) is 0. The SMILES string of the molecule is CCCCCCCCCCCCCCCCCCCC(C)C(C)=C(C)N.Cl. The Morgan fingerprint density at radius 3 is 1.19 bits per heavy atom. The molecule has 0 saturated heterocycles. The van der Waals surface area contributed by atoms with Crippen LogP contribution in [0.25, 0.3) is 0 Å². The fourth-order valence-corrected chi connectivity index (χ4v) is 3.78. The molecule has 1 nitrogen and oxygen atoms in total. The molecule has 0 aliphatic heterocycles. The van der Waals surface area contributed by atoms with Crippen LogP contribution in [0, 0.1) is 5.92 Å². The molecule has 0 aromatic heterocycles. The topological polar surface area (TPSA) is 26.0 Å². The summed E-state index contributed by atoms with van der Waals surface area (Å²) >= 11 is 0. The van der Waals surface area contributed by atoms with Crippen LogP contribution in [0.2, 0.25) is 0 Å². The van der Waals surface area contributed by atoms with E-state index in [-0.39, 0.29) is 12.4 Å². The van der Waals surface area contributed by atoms with E-state index in [1.807, 2.05) is 6.92 Å². The lowest BCUT2D eigenvalue weighted by atomic mass is 9.94. The van der Waals surface area contributed by atoms with Gasteiger partial charge in [-0.05, 0) is 26.2 Å². The Morgan fingerprint density at radius 1 is 0.593 bits per heavy atom. The van der Waals surface area contributed by atoms with Gasteiger partial charge in [0.15, 0.2) is 0 Å². The van der Waals surface area contributed by atoms with Crippen molar-refractivity contribution in [1.82, 2.24) is 0 Å². The summed E-state index contributed by atoms with van der Waals surface area (Å²) in [5, 5.41) is 0. The molecule has 2 heteroatoms. The Bertz CT molecular complexity index is 320. The van der Waals surface area contributed by atoms with Crippen LogP contribution in [0.1, 0.15) is 143 Å². The number of rotatable bonds is 19. The first-order chi connectivity index (χ1) is 12.6. The number of nitrogens with two attached hydrogens (primary N) is 1. The molecule has 0 amide bonds. The minimum atomic E-state index is 0. The van der Waals surface area contributed by atoms with E-state index in [2.05, 4.69) is 20.8 Å². The highest BCUT2D eigenvalue weighted by Gasteiger charge is 2.05. The second kappa shape index (κ2) is 22.1. The first kappa shape index (κ1) is 29.0. The van der Waals surface area contributed by atoms with Crippen LogP contribution < -0.4 is 5.73 Å². The molecule has 1 unspecified atom stereocenters. The van der Waals surface area contributed by atoms with Crippen LogP contribution in [0.4, 0.5) is 0 Å². The van der Waals surface area contributed by atoms with Crippen LogP contribution in [0.5, 0.6) is 0 Å². The average molecular weight is 402 g/mol. The summed E-state index contributed by atoms with van der Waals surface area (Å²) < 4.78 is 0. The molecule has 0 radical (unpaired) electrons. The van der Waals surface area contributed by atoms with Gasteiger partial charge in [-0.3, -0.25) is 0 Å². The molecule has 0 rings (SSSR count). The molecule has 0 saturated carbocycles. The highest BCUT2D eigenvalue weighted by atomic mass is 35.5. The summed E-state index contributed by atoms with van der Waals surface area (Å²) in [6.07, 6.45) is 25.9. The van der Waals surface area contributed by atoms with Gasteiger partial charge in [0.1, 0.15) is 0 Å². The maximum atomic E-state index is 5.88. The third-order valence-corrected chi connectivity index (χ3v) is 6.10. The summed E-state index contributed by atoms with van der Waals surface area (Å²) in [6.45, 7) is 8.83. The molecule has 1 atom stereocenters. The van der Waals surface area contributed by atoms with E-state index in [0.29, 0.717) is 5.92 Å². The molecule has 0 aromatic carbocycles. The minimum Gasteiger partial charge on any atom is -0.402 e. The van der Waals surface area contributed by atoms with E-state index < -0.39 is 0 Å². The Labute approximate surface area is 178 Å². The van der Waals surface area contributed by atoms with E-state index >= 15 is 0 Å². The molecule has 0 fully saturated rings. The van der Waals surface area contributed by atoms with Crippen molar-refractivity contribution in [2.75, 3.05) is 0 Å². The Balaban J connectivity index is 0. The monoisotopic (exact) mass is 401 g/mol. The lowest BCUT2D eigenvalue weighted by molar-refractivity contribution is 0.508. The van der Waals surface area contributed by atoms with Gasteiger partial charge in [0.2, 0.25) is 0 Å². The molecule has 2 N–H and O–H groups in total. The standard InChI is InChI=1S/C25H51N.ClH/c1-5-6-7-8-9-10-11-12-13-14-15-16-17-18-19-20-21-22-23(2)24(3)25(4)26;/h23H,5-22,26H2,1-4H3;1H. The van der Waals surface area contributed by atoms with Crippen LogP contribution in [0.3, 0.4) is 0 Å². The molecule has 0 aliphatic rings. The average Bonchev–Trinajstić information content (AvgIpc) is 2.63. The highest BCUT2D eigenvalue weighted by Crippen LogP contribution is 2.20. The Hall–Kier alpha value is -0.170. The predicted octanol–water partition coefficient (Wildman–Crippen LogP) is 9.34. The molecule has 0 bridgehead atoms. The fourth-order valence-electron chi connectivity index (χ4n) is 3.78. The Kier molecular flexibility index (Phi) is 23.8. The van der Waals surface area contributed by atoms with Crippen LogP contribution in [-0.2, 0) is 0 Å². The van der Waals surface area contributed by atoms with Gasteiger partial charge in [-0.15, -0.1) is 12.4 Å². The molecule has 0 spiro atoms. The van der Waals surface area contributed by atoms with E-state index in [1.165, 1.54) is 121 Å². The van der Waals surface area contributed by atoms with Gasteiger partial charge in [-0.1, -0.05) is 129 Å². The molecule has 164 valence electrons. The predicted molar refractivity (Wildman–Crippen MR) is 128 cm³/mol. The molecular weight excluding hydrogens is 350 g/mol. The van der Waals surface area contributed by atoms with Crippen molar-refractivity contribution in [3.05, 3.63) is 11.3 Å². The molecule has 0 aromatic rings. The number of halogens is 1. The van der Waals surface area contributed by atoms with Crippen molar-refractivity contribution in [3.63, 3.8) is 0 Å². The lowest BCUT2D eigenvalue weighted by Crippen LogP contribution is -2.04. The van der Waals surface area contributed by atoms with Crippen LogP contribution in [0.15, 0.2) is 11.3 Å². The van der Waals surface area contributed by atoms with Gasteiger partial charge in [0.25, 0.3) is 0 Å². The van der Waals surface area contributed by atoms with Crippen molar-refractivity contribution in [2.24, 2.45) is 11.7 Å². The zero-order chi connectivity index (χ0) is 19.5. The van der Waals surface area contributed by atoms with E-state index in [1.54, 1.807) is 0 Å². The lowest BCUT2D eigenvalue weighted by Gasteiger charge is -2.13. The van der Waals surface area contributed by atoms with Crippen molar-refractivity contribution in [1.29, 1.82) is 0 Å². The van der Waals surface area contributed by atoms with Gasteiger partial charge in [-0.2, -0.15) is 0 Å². The van der Waals surface area contributed by atoms with Gasteiger partial charge < -0.3 is 5.73 Å². The first-order valence-corrected chi connectivity index (χ1v) is 12.0. The second-order valence-electron chi connectivity index (χ2n) is 8.71. The van der Waals surface area contributed by atoms with Crippen molar-refractivity contribution < 1.29 is 0 Å². The zero-order valence-corrected chi connectivity index (χ0v) is 20.1. The molecule has 27 heavy (non-hydrogen) atoms. The minimum absolute atomic E-state index is 0. The summed E-state index contributed by atoms with van der Waals surface area (Å²) in [4.78, 5) is 0. The van der Waals surface area contributed by atoms with Gasteiger partial charge >= 0.3 is 0 Å². The number of allylic oxidation sites excluding steroid dienone is 2. The van der Waals surface area contributed by atoms with Crippen LogP contribution in [-0.4, -0.2) is 0 Å². The second-order valence-corrected chi connectivity index (χ2v) is 8.71.